The summed E-state index contributed by atoms with van der Waals surface area (Å²) in [6, 6.07) is 0. The van der Waals surface area contributed by atoms with Crippen LogP contribution < -0.4 is 0 Å². The van der Waals surface area contributed by atoms with Crippen molar-refractivity contribution in [3.63, 3.8) is 0 Å². The number of hydrogen-bond donors (Lipinski definition) is 0. The van der Waals surface area contributed by atoms with E-state index in [1.54, 1.807) is 0 Å². The van der Waals surface area contributed by atoms with E-state index in [2.05, 4.69) is 0 Å². The highest BCUT2D eigenvalue weighted by atomic mass is 16.5. The third-order valence-electron chi connectivity index (χ3n) is 4.21. The smallest absolute Gasteiger partial charge is 0.302 e. The normalized spacial score (nSPS) is 33.6. The predicted octanol–water partition coefficient (Wildman–Crippen LogP) is 1.40. The zero-order chi connectivity index (χ0) is 13.8. The van der Waals surface area contributed by atoms with Crippen molar-refractivity contribution < 1.29 is 23.8 Å². The van der Waals surface area contributed by atoms with Gasteiger partial charge in [0.1, 0.15) is 0 Å². The molecule has 5 heteroatoms. The molecular formula is C14H22O5. The molecule has 4 atom stereocenters. The summed E-state index contributed by atoms with van der Waals surface area (Å²) in [5.41, 5.74) is 0. The molecule has 0 amide bonds. The van der Waals surface area contributed by atoms with Gasteiger partial charge in [-0.1, -0.05) is 0 Å². The number of fused-ring (bicyclic) bond motifs is 1. The Bertz CT molecular complexity index is 309. The van der Waals surface area contributed by atoms with E-state index >= 15 is 0 Å². The summed E-state index contributed by atoms with van der Waals surface area (Å²) in [6.45, 7) is 5.30. The lowest BCUT2D eigenvalue weighted by Gasteiger charge is -2.36. The fourth-order valence-corrected chi connectivity index (χ4v) is 3.18. The lowest BCUT2D eigenvalue weighted by molar-refractivity contribution is -0.148. The van der Waals surface area contributed by atoms with E-state index in [1.807, 2.05) is 0 Å². The van der Waals surface area contributed by atoms with Gasteiger partial charge in [0.05, 0.1) is 13.2 Å². The summed E-state index contributed by atoms with van der Waals surface area (Å²) in [5, 5.41) is 0. The molecule has 19 heavy (non-hydrogen) atoms. The Morgan fingerprint density at radius 3 is 1.74 bits per heavy atom. The van der Waals surface area contributed by atoms with E-state index in [4.69, 9.17) is 14.2 Å². The van der Waals surface area contributed by atoms with Crippen LogP contribution in [-0.4, -0.2) is 38.4 Å². The van der Waals surface area contributed by atoms with Crippen molar-refractivity contribution in [3.05, 3.63) is 0 Å². The van der Waals surface area contributed by atoms with Crippen LogP contribution in [0.2, 0.25) is 0 Å². The Hall–Kier alpha value is -1.10. The molecule has 0 bridgehead atoms. The van der Waals surface area contributed by atoms with Crippen LogP contribution in [-0.2, 0) is 23.8 Å². The number of carbonyl (C=O) groups excluding carboxylic acids is 2. The average Bonchev–Trinajstić information content (AvgIpc) is 2.79. The molecule has 0 spiro atoms. The van der Waals surface area contributed by atoms with Crippen molar-refractivity contribution in [2.75, 3.05) is 26.4 Å². The molecule has 5 nitrogen and oxygen atoms in total. The molecule has 0 aromatic carbocycles. The fourth-order valence-electron chi connectivity index (χ4n) is 3.18. The molecule has 0 N–H and O–H groups in total. The van der Waals surface area contributed by atoms with Crippen LogP contribution in [0.25, 0.3) is 0 Å². The molecule has 0 radical (unpaired) electrons. The minimum atomic E-state index is -0.254. The van der Waals surface area contributed by atoms with E-state index in [-0.39, 0.29) is 23.8 Å². The second kappa shape index (κ2) is 6.37. The molecule has 2 rings (SSSR count). The van der Waals surface area contributed by atoms with E-state index in [0.29, 0.717) is 25.0 Å². The van der Waals surface area contributed by atoms with Crippen molar-refractivity contribution in [1.29, 1.82) is 0 Å². The lowest BCUT2D eigenvalue weighted by Crippen LogP contribution is -2.36. The Morgan fingerprint density at radius 1 is 0.947 bits per heavy atom. The Labute approximate surface area is 113 Å². The molecule has 108 valence electrons. The standard InChI is InChI=1S/C14H22O5/c1-9(15)18-7-13-3-11-5-17-6-12(11)4-14(13)8-19-10(2)16/h11-14H,3-8H2,1-2H3/t11-,12-,13+,14+/m0/s1. The van der Waals surface area contributed by atoms with Gasteiger partial charge in [-0.15, -0.1) is 0 Å². The van der Waals surface area contributed by atoms with Crippen LogP contribution in [0.5, 0.6) is 0 Å². The third kappa shape index (κ3) is 3.93. The minimum absolute atomic E-state index is 0.254. The molecule has 1 aliphatic carbocycles. The molecule has 1 aliphatic heterocycles. The summed E-state index contributed by atoms with van der Waals surface area (Å²) in [4.78, 5) is 21.9. The summed E-state index contributed by atoms with van der Waals surface area (Å²) in [5.74, 6) is 1.16. The fraction of sp³-hybridized carbons (Fsp3) is 0.857. The lowest BCUT2D eigenvalue weighted by atomic mass is 9.70. The van der Waals surface area contributed by atoms with Crippen molar-refractivity contribution in [3.8, 4) is 0 Å². The first-order valence-corrected chi connectivity index (χ1v) is 6.90. The van der Waals surface area contributed by atoms with Gasteiger partial charge < -0.3 is 14.2 Å². The molecule has 0 aromatic rings. The van der Waals surface area contributed by atoms with Crippen molar-refractivity contribution in [2.24, 2.45) is 23.7 Å². The number of carbonyl (C=O) groups is 2. The van der Waals surface area contributed by atoms with E-state index in [9.17, 15) is 9.59 Å². The first kappa shape index (κ1) is 14.3. The monoisotopic (exact) mass is 270 g/mol. The average molecular weight is 270 g/mol. The molecule has 1 saturated heterocycles. The summed E-state index contributed by atoms with van der Waals surface area (Å²) in [6.07, 6.45) is 1.98. The van der Waals surface area contributed by atoms with Gasteiger partial charge in [-0.25, -0.2) is 0 Å². The second-order valence-corrected chi connectivity index (χ2v) is 5.65. The van der Waals surface area contributed by atoms with Gasteiger partial charge in [-0.05, 0) is 36.5 Å². The van der Waals surface area contributed by atoms with Gasteiger partial charge in [-0.3, -0.25) is 9.59 Å². The minimum Gasteiger partial charge on any atom is -0.466 e. The first-order valence-electron chi connectivity index (χ1n) is 6.90. The summed E-state index contributed by atoms with van der Waals surface area (Å²) < 4.78 is 15.8. The van der Waals surface area contributed by atoms with Crippen molar-refractivity contribution in [2.45, 2.75) is 26.7 Å². The SMILES string of the molecule is CC(=O)OC[C@H]1C[C@H]2COC[C@@H]2C[C@@H]1COC(C)=O. The molecule has 1 saturated carbocycles. The summed E-state index contributed by atoms with van der Waals surface area (Å²) in [7, 11) is 0. The number of rotatable bonds is 4. The van der Waals surface area contributed by atoms with Crippen LogP contribution >= 0.6 is 0 Å². The maximum atomic E-state index is 11.0. The van der Waals surface area contributed by atoms with Crippen LogP contribution in [0.3, 0.4) is 0 Å². The zero-order valence-electron chi connectivity index (χ0n) is 11.6. The quantitative estimate of drug-likeness (QED) is 0.723. The van der Waals surface area contributed by atoms with Crippen molar-refractivity contribution in [1.82, 2.24) is 0 Å². The molecular weight excluding hydrogens is 248 g/mol. The molecule has 2 fully saturated rings. The van der Waals surface area contributed by atoms with Crippen LogP contribution in [0.4, 0.5) is 0 Å². The van der Waals surface area contributed by atoms with Gasteiger partial charge in [0, 0.05) is 27.1 Å². The first-order chi connectivity index (χ1) is 9.06. The number of esters is 2. The zero-order valence-corrected chi connectivity index (χ0v) is 11.6. The van der Waals surface area contributed by atoms with Crippen LogP contribution in [0.15, 0.2) is 0 Å². The number of ether oxygens (including phenoxy) is 3. The Morgan fingerprint density at radius 2 is 1.37 bits per heavy atom. The van der Waals surface area contributed by atoms with Crippen LogP contribution in [0, 0.1) is 23.7 Å². The molecule has 1 heterocycles. The van der Waals surface area contributed by atoms with E-state index in [0.717, 1.165) is 26.1 Å². The van der Waals surface area contributed by atoms with Gasteiger partial charge in [-0.2, -0.15) is 0 Å². The van der Waals surface area contributed by atoms with Crippen molar-refractivity contribution >= 4 is 11.9 Å². The Balaban J connectivity index is 1.93. The van der Waals surface area contributed by atoms with E-state index < -0.39 is 0 Å². The summed E-state index contributed by atoms with van der Waals surface area (Å²) >= 11 is 0. The van der Waals surface area contributed by atoms with Crippen LogP contribution in [0.1, 0.15) is 26.7 Å². The molecule has 2 aliphatic rings. The van der Waals surface area contributed by atoms with Gasteiger partial charge in [0.2, 0.25) is 0 Å². The third-order valence-corrected chi connectivity index (χ3v) is 4.21. The predicted molar refractivity (Wildman–Crippen MR) is 67.3 cm³/mol. The molecule has 0 unspecified atom stereocenters. The van der Waals surface area contributed by atoms with Gasteiger partial charge in [0.15, 0.2) is 0 Å². The highest BCUT2D eigenvalue weighted by Crippen LogP contribution is 2.41. The maximum Gasteiger partial charge on any atom is 0.302 e. The second-order valence-electron chi connectivity index (χ2n) is 5.65. The highest BCUT2D eigenvalue weighted by molar-refractivity contribution is 5.66. The largest absolute Gasteiger partial charge is 0.466 e. The van der Waals surface area contributed by atoms with Gasteiger partial charge >= 0.3 is 11.9 Å². The Kier molecular flexibility index (Phi) is 4.80. The highest BCUT2D eigenvalue weighted by Gasteiger charge is 2.40. The van der Waals surface area contributed by atoms with Gasteiger partial charge in [0.25, 0.3) is 0 Å². The number of hydrogen-bond acceptors (Lipinski definition) is 5. The molecule has 0 aromatic heterocycles. The maximum absolute atomic E-state index is 11.0. The van der Waals surface area contributed by atoms with E-state index in [1.165, 1.54) is 13.8 Å². The topological polar surface area (TPSA) is 61.8 Å².